The van der Waals surface area contributed by atoms with E-state index in [9.17, 15) is 17.5 Å². The third kappa shape index (κ3) is 4.71. The predicted molar refractivity (Wildman–Crippen MR) is 62.7 cm³/mol. The molecule has 0 aromatic carbocycles. The molecule has 0 saturated carbocycles. The monoisotopic (exact) mass is 323 g/mol. The normalized spacial score (nSPS) is 22.3. The molecule has 0 spiro atoms. The quantitative estimate of drug-likeness (QED) is 0.400. The summed E-state index contributed by atoms with van der Waals surface area (Å²) in [5, 5.41) is 2.18. The maximum absolute atomic E-state index is 11.1. The van der Waals surface area contributed by atoms with Gasteiger partial charge in [-0.25, -0.2) is 8.42 Å². The van der Waals surface area contributed by atoms with Gasteiger partial charge < -0.3 is 19.6 Å². The van der Waals surface area contributed by atoms with E-state index in [4.69, 9.17) is 19.6 Å². The minimum absolute atomic E-state index is 0.0683. The van der Waals surface area contributed by atoms with Crippen LogP contribution in [0.4, 0.5) is 0 Å². The van der Waals surface area contributed by atoms with E-state index in [1.165, 1.54) is 0 Å². The van der Waals surface area contributed by atoms with E-state index < -0.39 is 36.6 Å². The average Bonchev–Trinajstić information content (AvgIpc) is 2.12. The Morgan fingerprint density at radius 1 is 1.00 bits per heavy atom. The first kappa shape index (κ1) is 16.3. The first-order valence-corrected chi connectivity index (χ1v) is 10.2. The first-order valence-electron chi connectivity index (χ1n) is 4.99. The number of hydrogen-bond acceptors (Lipinski definition) is 5. The SMILES string of the molecule is O=P(O)(O)C(NC1CCS(=O)(=O)CC1)P(=O)(O)O. The van der Waals surface area contributed by atoms with Crippen molar-refractivity contribution in [2.24, 2.45) is 0 Å². The molecule has 5 N–H and O–H groups in total. The van der Waals surface area contributed by atoms with Crippen LogP contribution in [0.3, 0.4) is 0 Å². The minimum atomic E-state index is -5.02. The average molecular weight is 323 g/mol. The van der Waals surface area contributed by atoms with Crippen LogP contribution in [0.15, 0.2) is 0 Å². The van der Waals surface area contributed by atoms with Crippen LogP contribution in [0.25, 0.3) is 0 Å². The molecular formula is C6H15NO8P2S. The highest BCUT2D eigenvalue weighted by Gasteiger charge is 2.44. The molecule has 0 bridgehead atoms. The minimum Gasteiger partial charge on any atom is -0.323 e. The summed E-state index contributed by atoms with van der Waals surface area (Å²) in [5.74, 6) is -0.334. The summed E-state index contributed by atoms with van der Waals surface area (Å²) >= 11 is 0. The topological polar surface area (TPSA) is 161 Å². The van der Waals surface area contributed by atoms with Gasteiger partial charge in [0, 0.05) is 6.04 Å². The smallest absolute Gasteiger partial charge is 0.323 e. The zero-order chi connectivity index (χ0) is 14.2. The Morgan fingerprint density at radius 3 is 1.72 bits per heavy atom. The van der Waals surface area contributed by atoms with Crippen molar-refractivity contribution in [1.29, 1.82) is 0 Å². The highest BCUT2D eigenvalue weighted by atomic mass is 32.2. The largest absolute Gasteiger partial charge is 0.354 e. The Kier molecular flexibility index (Phi) is 4.79. The second-order valence-electron chi connectivity index (χ2n) is 4.14. The van der Waals surface area contributed by atoms with Crippen LogP contribution in [0.2, 0.25) is 0 Å². The van der Waals surface area contributed by atoms with Crippen LogP contribution in [0.1, 0.15) is 12.8 Å². The maximum atomic E-state index is 11.1. The lowest BCUT2D eigenvalue weighted by Crippen LogP contribution is -2.42. The molecule has 1 rings (SSSR count). The van der Waals surface area contributed by atoms with Gasteiger partial charge in [0.25, 0.3) is 0 Å². The van der Waals surface area contributed by atoms with Gasteiger partial charge in [-0.05, 0) is 12.8 Å². The molecule has 1 aliphatic rings. The van der Waals surface area contributed by atoms with Gasteiger partial charge in [0.05, 0.1) is 11.5 Å². The van der Waals surface area contributed by atoms with Crippen molar-refractivity contribution < 1.29 is 37.1 Å². The molecule has 0 atom stereocenters. The molecular weight excluding hydrogens is 308 g/mol. The molecule has 12 heteroatoms. The summed E-state index contributed by atoms with van der Waals surface area (Å²) in [7, 11) is -13.2. The highest BCUT2D eigenvalue weighted by Crippen LogP contribution is 2.58. The third-order valence-electron chi connectivity index (χ3n) is 2.58. The highest BCUT2D eigenvalue weighted by molar-refractivity contribution is 7.91. The van der Waals surface area contributed by atoms with Crippen molar-refractivity contribution in [2.75, 3.05) is 11.5 Å². The van der Waals surface area contributed by atoms with Crippen molar-refractivity contribution in [1.82, 2.24) is 5.32 Å². The molecule has 0 aromatic rings. The second-order valence-corrected chi connectivity index (χ2v) is 10.2. The lowest BCUT2D eigenvalue weighted by atomic mass is 10.2. The summed E-state index contributed by atoms with van der Waals surface area (Å²) < 4.78 is 44.3. The summed E-state index contributed by atoms with van der Waals surface area (Å²) in [5.41, 5.74) is -2.28. The van der Waals surface area contributed by atoms with E-state index >= 15 is 0 Å². The molecule has 1 saturated heterocycles. The fourth-order valence-electron chi connectivity index (χ4n) is 1.66. The van der Waals surface area contributed by atoms with Gasteiger partial charge >= 0.3 is 15.2 Å². The van der Waals surface area contributed by atoms with E-state index in [0.29, 0.717) is 0 Å². The third-order valence-corrected chi connectivity index (χ3v) is 7.67. The van der Waals surface area contributed by atoms with Crippen LogP contribution < -0.4 is 5.32 Å². The Bertz CT molecular complexity index is 456. The number of sulfone groups is 1. The predicted octanol–water partition coefficient (Wildman–Crippen LogP) is -1.21. The Morgan fingerprint density at radius 2 is 1.39 bits per heavy atom. The molecule has 0 aliphatic carbocycles. The van der Waals surface area contributed by atoms with Crippen LogP contribution in [0, 0.1) is 0 Å². The van der Waals surface area contributed by atoms with E-state index in [2.05, 4.69) is 5.32 Å². The van der Waals surface area contributed by atoms with Crippen LogP contribution in [-0.2, 0) is 19.0 Å². The Hall–Kier alpha value is 0.210. The zero-order valence-corrected chi connectivity index (χ0v) is 11.8. The number of hydrogen-bond donors (Lipinski definition) is 5. The van der Waals surface area contributed by atoms with Crippen molar-refractivity contribution in [3.8, 4) is 0 Å². The first-order chi connectivity index (χ1) is 7.92. The van der Waals surface area contributed by atoms with Gasteiger partial charge in [-0.2, -0.15) is 0 Å². The maximum Gasteiger partial charge on any atom is 0.354 e. The van der Waals surface area contributed by atoms with E-state index in [1.807, 2.05) is 0 Å². The molecule has 0 unspecified atom stereocenters. The van der Waals surface area contributed by atoms with Crippen molar-refractivity contribution in [3.63, 3.8) is 0 Å². The molecule has 0 aromatic heterocycles. The second kappa shape index (κ2) is 5.30. The van der Waals surface area contributed by atoms with E-state index in [1.54, 1.807) is 0 Å². The number of rotatable bonds is 4. The summed E-state index contributed by atoms with van der Waals surface area (Å²) in [6, 6.07) is -0.640. The molecule has 0 radical (unpaired) electrons. The van der Waals surface area contributed by atoms with Gasteiger partial charge in [0.2, 0.25) is 5.52 Å². The molecule has 1 fully saturated rings. The molecule has 18 heavy (non-hydrogen) atoms. The lowest BCUT2D eigenvalue weighted by molar-refractivity contribution is 0.316. The fourth-order valence-corrected chi connectivity index (χ4v) is 5.53. The number of nitrogens with one attached hydrogen (secondary N) is 1. The summed E-state index contributed by atoms with van der Waals surface area (Å²) in [4.78, 5) is 35.5. The Balaban J connectivity index is 2.76. The van der Waals surface area contributed by atoms with Gasteiger partial charge in [0.15, 0.2) is 0 Å². The summed E-state index contributed by atoms with van der Waals surface area (Å²) in [6.45, 7) is 0. The van der Waals surface area contributed by atoms with Crippen molar-refractivity contribution in [2.45, 2.75) is 24.4 Å². The fraction of sp³-hybridized carbons (Fsp3) is 1.00. The van der Waals surface area contributed by atoms with Crippen LogP contribution >= 0.6 is 15.2 Å². The van der Waals surface area contributed by atoms with Gasteiger partial charge in [0.1, 0.15) is 9.84 Å². The lowest BCUT2D eigenvalue weighted by Gasteiger charge is -2.28. The van der Waals surface area contributed by atoms with Gasteiger partial charge in [-0.15, -0.1) is 0 Å². The van der Waals surface area contributed by atoms with Crippen LogP contribution in [0.5, 0.6) is 0 Å². The molecule has 108 valence electrons. The van der Waals surface area contributed by atoms with E-state index in [0.717, 1.165) is 0 Å². The van der Waals surface area contributed by atoms with E-state index in [-0.39, 0.29) is 24.3 Å². The molecule has 0 amide bonds. The molecule has 1 aliphatic heterocycles. The zero-order valence-electron chi connectivity index (χ0n) is 9.21. The molecule has 9 nitrogen and oxygen atoms in total. The standard InChI is InChI=1S/C6H15NO8P2S/c8-16(9,10)6(17(11,12)13)7-5-1-3-18(14,15)4-2-5/h5-7H,1-4H2,(H2,8,9,10)(H2,11,12,13). The van der Waals surface area contributed by atoms with Crippen molar-refractivity contribution in [3.05, 3.63) is 0 Å². The van der Waals surface area contributed by atoms with Crippen molar-refractivity contribution >= 4 is 25.0 Å². The van der Waals surface area contributed by atoms with Gasteiger partial charge in [-0.1, -0.05) is 0 Å². The Labute approximate surface area is 104 Å². The summed E-state index contributed by atoms with van der Waals surface area (Å²) in [6.07, 6.45) is 0.137. The molecule has 1 heterocycles. The van der Waals surface area contributed by atoms with Crippen LogP contribution in [-0.4, -0.2) is 51.1 Å². The van der Waals surface area contributed by atoms with Gasteiger partial charge in [-0.3, -0.25) is 14.4 Å².